The Hall–Kier alpha value is -2.44. The average Bonchev–Trinajstić information content (AvgIpc) is 2.58. The van der Waals surface area contributed by atoms with Gasteiger partial charge in [-0.2, -0.15) is 0 Å². The molecular formula is C17H16ClN3O3. The lowest BCUT2D eigenvalue weighted by molar-refractivity contribution is 0.0915. The lowest BCUT2D eigenvalue weighted by atomic mass is 10.2. The molecule has 2 aromatic heterocycles. The molecule has 1 N–H and O–H groups in total. The third kappa shape index (κ3) is 3.55. The molecule has 0 radical (unpaired) electrons. The van der Waals surface area contributed by atoms with Crippen molar-refractivity contribution in [3.05, 3.63) is 63.9 Å². The van der Waals surface area contributed by atoms with Crippen LogP contribution in [-0.2, 0) is 6.54 Å². The third-order valence-electron chi connectivity index (χ3n) is 3.55. The largest absolute Gasteiger partial charge is 0.489 e. The predicted molar refractivity (Wildman–Crippen MR) is 91.5 cm³/mol. The van der Waals surface area contributed by atoms with Gasteiger partial charge in [-0.15, -0.1) is 0 Å². The Morgan fingerprint density at radius 2 is 2.21 bits per heavy atom. The van der Waals surface area contributed by atoms with E-state index in [0.29, 0.717) is 21.7 Å². The van der Waals surface area contributed by atoms with Crippen LogP contribution in [0.4, 0.5) is 0 Å². The van der Waals surface area contributed by atoms with Crippen LogP contribution in [0, 0.1) is 6.92 Å². The van der Waals surface area contributed by atoms with E-state index in [9.17, 15) is 9.90 Å². The molecule has 3 aromatic rings. The van der Waals surface area contributed by atoms with Crippen LogP contribution in [0.15, 0.2) is 47.8 Å². The molecule has 6 nitrogen and oxygen atoms in total. The van der Waals surface area contributed by atoms with E-state index in [1.807, 2.05) is 13.0 Å². The van der Waals surface area contributed by atoms with Crippen molar-refractivity contribution in [3.63, 3.8) is 0 Å². The number of rotatable bonds is 5. The molecule has 1 atom stereocenters. The third-order valence-corrected chi connectivity index (χ3v) is 3.87. The number of fused-ring (bicyclic) bond motifs is 1. The molecule has 2 heterocycles. The second-order valence-corrected chi connectivity index (χ2v) is 5.90. The summed E-state index contributed by atoms with van der Waals surface area (Å²) in [7, 11) is 0. The number of halogens is 1. The van der Waals surface area contributed by atoms with E-state index >= 15 is 0 Å². The molecule has 0 saturated heterocycles. The lowest BCUT2D eigenvalue weighted by Gasteiger charge is -2.15. The zero-order chi connectivity index (χ0) is 17.1. The van der Waals surface area contributed by atoms with Crippen LogP contribution in [0.5, 0.6) is 5.75 Å². The highest BCUT2D eigenvalue weighted by Gasteiger charge is 2.11. The predicted octanol–water partition coefficient (Wildman–Crippen LogP) is 2.19. The van der Waals surface area contributed by atoms with Crippen molar-refractivity contribution < 1.29 is 9.84 Å². The van der Waals surface area contributed by atoms with Crippen molar-refractivity contribution in [1.82, 2.24) is 14.5 Å². The summed E-state index contributed by atoms with van der Waals surface area (Å²) in [5, 5.41) is 11.1. The standard InChI is InChI=1S/C17H16ClN3O3/c1-11-2-3-14(18)16(6-11)24-9-12(22)8-21-10-20-15-7-19-5-4-13(15)17(21)23/h2-7,10,12,22H,8-9H2,1H3/t12-/m0/s1. The van der Waals surface area contributed by atoms with Gasteiger partial charge in [0.2, 0.25) is 0 Å². The zero-order valence-corrected chi connectivity index (χ0v) is 13.8. The van der Waals surface area contributed by atoms with Crippen LogP contribution in [0.1, 0.15) is 5.56 Å². The number of hydrogen-bond donors (Lipinski definition) is 1. The monoisotopic (exact) mass is 345 g/mol. The van der Waals surface area contributed by atoms with Crippen LogP contribution < -0.4 is 10.3 Å². The summed E-state index contributed by atoms with van der Waals surface area (Å²) in [6, 6.07) is 7.02. The highest BCUT2D eigenvalue weighted by Crippen LogP contribution is 2.25. The number of benzene rings is 1. The van der Waals surface area contributed by atoms with Crippen molar-refractivity contribution in [2.24, 2.45) is 0 Å². The van der Waals surface area contributed by atoms with Crippen LogP contribution in [0.2, 0.25) is 5.02 Å². The quantitative estimate of drug-likeness (QED) is 0.767. The number of aliphatic hydroxyl groups excluding tert-OH is 1. The zero-order valence-electron chi connectivity index (χ0n) is 13.0. The first kappa shape index (κ1) is 16.4. The van der Waals surface area contributed by atoms with Gasteiger partial charge in [0.1, 0.15) is 18.5 Å². The molecule has 24 heavy (non-hydrogen) atoms. The summed E-state index contributed by atoms with van der Waals surface area (Å²) in [6.45, 7) is 2.02. The molecule has 3 rings (SSSR count). The fourth-order valence-corrected chi connectivity index (χ4v) is 2.50. The first-order valence-electron chi connectivity index (χ1n) is 7.41. The van der Waals surface area contributed by atoms with Gasteiger partial charge in [0.05, 0.1) is 35.0 Å². The molecule has 0 amide bonds. The average molecular weight is 346 g/mol. The number of nitrogens with zero attached hydrogens (tertiary/aromatic N) is 3. The van der Waals surface area contributed by atoms with Gasteiger partial charge >= 0.3 is 0 Å². The Morgan fingerprint density at radius 3 is 3.04 bits per heavy atom. The van der Waals surface area contributed by atoms with Gasteiger partial charge in [0, 0.05) is 6.20 Å². The van der Waals surface area contributed by atoms with E-state index in [-0.39, 0.29) is 18.7 Å². The SMILES string of the molecule is Cc1ccc(Cl)c(OC[C@@H](O)Cn2cnc3cnccc3c2=O)c1. The first-order chi connectivity index (χ1) is 11.5. The second-order valence-electron chi connectivity index (χ2n) is 5.49. The van der Waals surface area contributed by atoms with Crippen molar-refractivity contribution >= 4 is 22.5 Å². The first-order valence-corrected chi connectivity index (χ1v) is 7.78. The van der Waals surface area contributed by atoms with Gasteiger partial charge in [0.25, 0.3) is 5.56 Å². The lowest BCUT2D eigenvalue weighted by Crippen LogP contribution is -2.30. The number of pyridine rings is 1. The maximum absolute atomic E-state index is 12.4. The van der Waals surface area contributed by atoms with E-state index in [0.717, 1.165) is 5.56 Å². The molecule has 0 spiro atoms. The maximum atomic E-state index is 12.4. The summed E-state index contributed by atoms with van der Waals surface area (Å²) >= 11 is 6.05. The van der Waals surface area contributed by atoms with E-state index in [1.165, 1.54) is 23.3 Å². The summed E-state index contributed by atoms with van der Waals surface area (Å²) in [5.74, 6) is 0.505. The van der Waals surface area contributed by atoms with Crippen molar-refractivity contribution in [1.29, 1.82) is 0 Å². The molecule has 0 unspecified atom stereocenters. The van der Waals surface area contributed by atoms with Gasteiger partial charge in [-0.25, -0.2) is 4.98 Å². The molecule has 0 bridgehead atoms. The number of aryl methyl sites for hydroxylation is 1. The van der Waals surface area contributed by atoms with E-state index in [1.54, 1.807) is 18.2 Å². The molecular weight excluding hydrogens is 330 g/mol. The smallest absolute Gasteiger partial charge is 0.261 e. The molecule has 124 valence electrons. The van der Waals surface area contributed by atoms with Crippen LogP contribution >= 0.6 is 11.6 Å². The second kappa shape index (κ2) is 6.98. The highest BCUT2D eigenvalue weighted by molar-refractivity contribution is 6.32. The van der Waals surface area contributed by atoms with E-state index < -0.39 is 6.10 Å². The minimum absolute atomic E-state index is 0.0179. The fourth-order valence-electron chi connectivity index (χ4n) is 2.33. The maximum Gasteiger partial charge on any atom is 0.261 e. The number of hydrogen-bond acceptors (Lipinski definition) is 5. The normalized spacial score (nSPS) is 12.3. The Kier molecular flexibility index (Phi) is 4.78. The van der Waals surface area contributed by atoms with E-state index in [4.69, 9.17) is 16.3 Å². The number of aliphatic hydroxyl groups is 1. The summed E-state index contributed by atoms with van der Waals surface area (Å²) in [4.78, 5) is 20.5. The van der Waals surface area contributed by atoms with Crippen LogP contribution in [0.25, 0.3) is 10.9 Å². The Labute approximate surface area is 143 Å². The Morgan fingerprint density at radius 1 is 1.38 bits per heavy atom. The van der Waals surface area contributed by atoms with E-state index in [2.05, 4.69) is 9.97 Å². The van der Waals surface area contributed by atoms with Crippen molar-refractivity contribution in [3.8, 4) is 5.75 Å². The minimum Gasteiger partial charge on any atom is -0.489 e. The van der Waals surface area contributed by atoms with Gasteiger partial charge in [-0.1, -0.05) is 17.7 Å². The van der Waals surface area contributed by atoms with Gasteiger partial charge in [-0.05, 0) is 30.7 Å². The van der Waals surface area contributed by atoms with Gasteiger partial charge in [-0.3, -0.25) is 14.3 Å². The summed E-state index contributed by atoms with van der Waals surface area (Å²) < 4.78 is 6.91. The van der Waals surface area contributed by atoms with Gasteiger partial charge < -0.3 is 9.84 Å². The molecule has 0 fully saturated rings. The highest BCUT2D eigenvalue weighted by atomic mass is 35.5. The molecule has 0 aliphatic rings. The number of ether oxygens (including phenoxy) is 1. The summed E-state index contributed by atoms with van der Waals surface area (Å²) in [6.07, 6.45) is 3.59. The molecule has 1 aromatic carbocycles. The van der Waals surface area contributed by atoms with Gasteiger partial charge in [0.15, 0.2) is 0 Å². The number of aromatic nitrogens is 3. The molecule has 0 aliphatic heterocycles. The van der Waals surface area contributed by atoms with Crippen LogP contribution in [0.3, 0.4) is 0 Å². The van der Waals surface area contributed by atoms with Crippen LogP contribution in [-0.4, -0.2) is 32.4 Å². The molecule has 7 heteroatoms. The summed E-state index contributed by atoms with van der Waals surface area (Å²) in [5.41, 5.74) is 1.30. The topological polar surface area (TPSA) is 77.2 Å². The Bertz CT molecular complexity index is 926. The fraction of sp³-hybridized carbons (Fsp3) is 0.235. The van der Waals surface area contributed by atoms with Crippen molar-refractivity contribution in [2.75, 3.05) is 6.61 Å². The van der Waals surface area contributed by atoms with Crippen molar-refractivity contribution in [2.45, 2.75) is 19.6 Å². The Balaban J connectivity index is 1.71. The molecule has 0 aliphatic carbocycles. The minimum atomic E-state index is -0.875. The molecule has 0 saturated carbocycles.